The fourth-order valence-corrected chi connectivity index (χ4v) is 7.77. The van der Waals surface area contributed by atoms with Crippen molar-refractivity contribution in [2.24, 2.45) is 0 Å². The number of nitrogens with zero attached hydrogens (tertiary/aromatic N) is 3. The lowest BCUT2D eigenvalue weighted by atomic mass is 10.2. The third-order valence-corrected chi connectivity index (χ3v) is 8.82. The molecule has 10 nitrogen and oxygen atoms in total. The highest BCUT2D eigenvalue weighted by Crippen LogP contribution is 2.58. The minimum atomic E-state index is -3.59. The number of H-pyrrole nitrogens is 1. The molecule has 0 aliphatic carbocycles. The van der Waals surface area contributed by atoms with E-state index >= 15 is 0 Å². The summed E-state index contributed by atoms with van der Waals surface area (Å²) in [5.41, 5.74) is 6.83. The van der Waals surface area contributed by atoms with E-state index in [0.717, 1.165) is 11.5 Å². The van der Waals surface area contributed by atoms with E-state index in [0.29, 0.717) is 22.2 Å². The predicted octanol–water partition coefficient (Wildman–Crippen LogP) is 2.66. The van der Waals surface area contributed by atoms with Gasteiger partial charge in [0.05, 0.1) is 19.0 Å². The first-order valence-corrected chi connectivity index (χ1v) is 12.6. The van der Waals surface area contributed by atoms with Gasteiger partial charge in [0.2, 0.25) is 5.95 Å². The van der Waals surface area contributed by atoms with Crippen molar-refractivity contribution in [3.05, 3.63) is 11.0 Å². The van der Waals surface area contributed by atoms with Crippen LogP contribution in [0.5, 0.6) is 0 Å². The summed E-state index contributed by atoms with van der Waals surface area (Å²) in [4.78, 5) is 11.3. The Hall–Kier alpha value is -0.660. The van der Waals surface area contributed by atoms with Gasteiger partial charge in [0.1, 0.15) is 28.6 Å². The quantitative estimate of drug-likeness (QED) is 0.408. The van der Waals surface area contributed by atoms with Gasteiger partial charge in [-0.05, 0) is 0 Å². The molecule has 5 heterocycles. The number of nitrogens with two attached hydrogens (primary N) is 1. The molecule has 146 valence electrons. The number of nitrogen functional groups attached to an aromatic ring is 1. The fourth-order valence-electron chi connectivity index (χ4n) is 3.24. The molecule has 3 aliphatic rings. The van der Waals surface area contributed by atoms with Gasteiger partial charge >= 0.3 is 7.82 Å². The van der Waals surface area contributed by atoms with Crippen LogP contribution in [0.2, 0.25) is 0 Å². The van der Waals surface area contributed by atoms with Gasteiger partial charge in [0.25, 0.3) is 0 Å². The smallest absolute Gasteiger partial charge is 0.369 e. The zero-order valence-corrected chi connectivity index (χ0v) is 17.2. The second-order valence-corrected chi connectivity index (χ2v) is 10.9. The highest BCUT2D eigenvalue weighted by molar-refractivity contribution is 8.77. The van der Waals surface area contributed by atoms with E-state index in [1.54, 1.807) is 32.5 Å². The van der Waals surface area contributed by atoms with E-state index in [1.165, 1.54) is 0 Å². The average molecular weight is 449 g/mol. The van der Waals surface area contributed by atoms with E-state index in [9.17, 15) is 4.57 Å². The summed E-state index contributed by atoms with van der Waals surface area (Å²) in [7, 11) is -0.214. The Kier molecular flexibility index (Phi) is 4.76. The van der Waals surface area contributed by atoms with Crippen LogP contribution in [-0.2, 0) is 22.9 Å². The Labute approximate surface area is 166 Å². The third-order valence-electron chi connectivity index (χ3n) is 4.47. The Bertz CT molecular complexity index is 979. The van der Waals surface area contributed by atoms with Crippen molar-refractivity contribution in [3.8, 4) is 0 Å². The molecule has 0 aromatic carbocycles. The van der Waals surface area contributed by atoms with Gasteiger partial charge in [-0.25, -0.2) is 9.55 Å². The zero-order valence-electron chi connectivity index (χ0n) is 13.8. The number of phosphoric ester groups is 1. The highest BCUT2D eigenvalue weighted by atomic mass is 33.1. The summed E-state index contributed by atoms with van der Waals surface area (Å²) in [6.07, 6.45) is 0.791. The van der Waals surface area contributed by atoms with Crippen LogP contribution in [0.1, 0.15) is 12.6 Å². The van der Waals surface area contributed by atoms with Crippen LogP contribution >= 0.6 is 41.6 Å². The van der Waals surface area contributed by atoms with Crippen molar-refractivity contribution in [1.82, 2.24) is 19.5 Å². The Balaban J connectivity index is 1.36. The van der Waals surface area contributed by atoms with Crippen LogP contribution in [0.25, 0.3) is 11.2 Å². The lowest BCUT2D eigenvalue weighted by molar-refractivity contribution is -0.0729. The van der Waals surface area contributed by atoms with E-state index < -0.39 is 20.2 Å². The number of aromatic nitrogens is 4. The van der Waals surface area contributed by atoms with Crippen LogP contribution in [0.4, 0.5) is 5.95 Å². The normalized spacial score (nSPS) is 34.3. The first-order valence-electron chi connectivity index (χ1n) is 8.24. The number of imidazole rings is 1. The van der Waals surface area contributed by atoms with Gasteiger partial charge in [-0.1, -0.05) is 33.8 Å². The number of aromatic amines is 1. The number of hydrogen-bond donors (Lipinski definition) is 2. The molecular weight excluding hydrogens is 433 g/mol. The first-order chi connectivity index (χ1) is 13.0. The van der Waals surface area contributed by atoms with Crippen LogP contribution < -0.4 is 5.73 Å². The molecule has 0 unspecified atom stereocenters. The van der Waals surface area contributed by atoms with Crippen LogP contribution in [0.3, 0.4) is 0 Å². The van der Waals surface area contributed by atoms with Crippen LogP contribution in [0.15, 0.2) is 6.33 Å². The standard InChI is InChI=1S/C13H16N5O5PS3/c14-13-16-11-10(12(25)17-13)15-5-18(11)9-1-7-8(21-9)2-20-24(19,23-7)22-6-3-26-27-4-6/h5-9H,1-4H2,(H3,14,16,17,25)/t7-,8+,9+,24-/m0/s1. The maximum atomic E-state index is 12.8. The van der Waals surface area contributed by atoms with Crippen molar-refractivity contribution < 1.29 is 22.9 Å². The number of nitrogens with one attached hydrogen (secondary N) is 1. The number of rotatable bonds is 3. The monoisotopic (exact) mass is 449 g/mol. The summed E-state index contributed by atoms with van der Waals surface area (Å²) in [5.74, 6) is 1.74. The van der Waals surface area contributed by atoms with E-state index in [4.69, 9.17) is 36.3 Å². The molecule has 0 radical (unpaired) electrons. The van der Waals surface area contributed by atoms with Gasteiger partial charge in [-0.2, -0.15) is 4.98 Å². The molecule has 2 aromatic rings. The second-order valence-electron chi connectivity index (χ2n) is 6.32. The van der Waals surface area contributed by atoms with Gasteiger partial charge in [0, 0.05) is 17.9 Å². The Morgan fingerprint density at radius 3 is 3.04 bits per heavy atom. The number of fused-ring (bicyclic) bond motifs is 2. The molecule has 0 bridgehead atoms. The molecule has 27 heavy (non-hydrogen) atoms. The Morgan fingerprint density at radius 2 is 2.22 bits per heavy atom. The van der Waals surface area contributed by atoms with E-state index in [1.807, 2.05) is 0 Å². The maximum Gasteiger partial charge on any atom is 0.475 e. The predicted molar refractivity (Wildman–Crippen MR) is 104 cm³/mol. The summed E-state index contributed by atoms with van der Waals surface area (Å²) >= 11 is 5.24. The van der Waals surface area contributed by atoms with Gasteiger partial charge < -0.3 is 15.5 Å². The third kappa shape index (κ3) is 3.44. The van der Waals surface area contributed by atoms with E-state index in [2.05, 4.69) is 15.0 Å². The van der Waals surface area contributed by atoms with Gasteiger partial charge in [-0.15, -0.1) is 0 Å². The Morgan fingerprint density at radius 1 is 1.41 bits per heavy atom. The molecule has 3 fully saturated rings. The fraction of sp³-hybridized carbons (Fsp3) is 0.615. The number of anilines is 1. The lowest BCUT2D eigenvalue weighted by Crippen LogP contribution is -2.34. The molecule has 0 saturated carbocycles. The van der Waals surface area contributed by atoms with Crippen LogP contribution in [-0.4, -0.2) is 55.9 Å². The molecule has 14 heteroatoms. The molecule has 3 saturated heterocycles. The molecule has 4 atom stereocenters. The van der Waals surface area contributed by atoms with Crippen molar-refractivity contribution in [2.45, 2.75) is 31.0 Å². The number of hydrogen-bond acceptors (Lipinski definition) is 11. The van der Waals surface area contributed by atoms with Gasteiger partial charge in [0.15, 0.2) is 5.65 Å². The molecular formula is C13H16N5O5PS3. The van der Waals surface area contributed by atoms with E-state index in [-0.39, 0.29) is 24.8 Å². The average Bonchev–Trinajstić information content (AvgIpc) is 3.33. The van der Waals surface area contributed by atoms with Gasteiger partial charge in [-0.3, -0.25) is 18.1 Å². The largest absolute Gasteiger partial charge is 0.475 e. The summed E-state index contributed by atoms with van der Waals surface area (Å²) in [6.45, 7) is 0.147. The second kappa shape index (κ2) is 6.99. The van der Waals surface area contributed by atoms with Crippen molar-refractivity contribution in [2.75, 3.05) is 23.8 Å². The molecule has 5 rings (SSSR count). The van der Waals surface area contributed by atoms with Crippen molar-refractivity contribution >= 4 is 58.7 Å². The molecule has 0 spiro atoms. The SMILES string of the molecule is Nc1nc2c(ncn2[C@H]2C[C@@H]3O[P@](=O)(OC4CSSC4)OC[C@H]3O2)c(=S)[nH]1. The molecule has 3 N–H and O–H groups in total. The maximum absolute atomic E-state index is 12.8. The molecule has 3 aliphatic heterocycles. The first kappa shape index (κ1) is 18.4. The summed E-state index contributed by atoms with van der Waals surface area (Å²) in [6, 6.07) is 0. The highest BCUT2D eigenvalue weighted by Gasteiger charge is 2.49. The van der Waals surface area contributed by atoms with Crippen LogP contribution in [0, 0.1) is 4.64 Å². The summed E-state index contributed by atoms with van der Waals surface area (Å²) < 4.78 is 37.8. The summed E-state index contributed by atoms with van der Waals surface area (Å²) in [5, 5.41) is 0. The number of phosphoric acid groups is 1. The lowest BCUT2D eigenvalue weighted by Gasteiger charge is -2.31. The minimum Gasteiger partial charge on any atom is -0.369 e. The zero-order chi connectivity index (χ0) is 18.6. The molecule has 0 amide bonds. The number of ether oxygens (including phenoxy) is 1. The minimum absolute atomic E-state index is 0.132. The van der Waals surface area contributed by atoms with Crippen molar-refractivity contribution in [1.29, 1.82) is 0 Å². The molecule has 2 aromatic heterocycles. The van der Waals surface area contributed by atoms with Crippen molar-refractivity contribution in [3.63, 3.8) is 0 Å². The topological polar surface area (TPSA) is 127 Å².